The first kappa shape index (κ1) is 40.2. The van der Waals surface area contributed by atoms with Crippen LogP contribution >= 0.6 is 0 Å². The lowest BCUT2D eigenvalue weighted by Crippen LogP contribution is -2.64. The zero-order chi connectivity index (χ0) is 46.5. The van der Waals surface area contributed by atoms with E-state index in [1.807, 2.05) is 0 Å². The Morgan fingerprint density at radius 1 is 0.314 bits per heavy atom. The fourth-order valence-corrected chi connectivity index (χ4v) is 11.8. The predicted octanol–water partition coefficient (Wildman–Crippen LogP) is 11.7. The van der Waals surface area contributed by atoms with Crippen LogP contribution in [-0.4, -0.2) is 27.5 Å². The lowest BCUT2D eigenvalue weighted by molar-refractivity contribution is 0.487. The lowest BCUT2D eigenvalue weighted by Gasteiger charge is -2.45. The van der Waals surface area contributed by atoms with Crippen LogP contribution in [0.1, 0.15) is 0 Å². The molecule has 0 amide bonds. The molecule has 10 aromatic rings. The van der Waals surface area contributed by atoms with Crippen molar-refractivity contribution in [3.05, 3.63) is 237 Å². The molecule has 0 radical (unpaired) electrons. The highest BCUT2D eigenvalue weighted by Gasteiger charge is 2.47. The van der Waals surface area contributed by atoms with E-state index >= 15 is 0 Å². The molecule has 14 rings (SSSR count). The molecule has 4 aliphatic rings. The lowest BCUT2D eigenvalue weighted by atomic mass is 9.30. The second kappa shape index (κ2) is 15.9. The molecule has 4 aliphatic heterocycles. The van der Waals surface area contributed by atoms with Gasteiger partial charge in [-0.15, -0.1) is 0 Å². The number of benzene rings is 10. The predicted molar refractivity (Wildman–Crippen MR) is 295 cm³/mol. The van der Waals surface area contributed by atoms with E-state index in [4.69, 9.17) is 4.74 Å². The molecule has 0 unspecified atom stereocenters. The van der Waals surface area contributed by atoms with Gasteiger partial charge in [-0.25, -0.2) is 0 Å². The van der Waals surface area contributed by atoms with E-state index in [-0.39, 0.29) is 13.4 Å². The van der Waals surface area contributed by atoms with Gasteiger partial charge in [-0.3, -0.25) is 0 Å². The molecular weight excluding hydrogens is 852 g/mol. The summed E-state index contributed by atoms with van der Waals surface area (Å²) in [5.41, 5.74) is 22.2. The van der Waals surface area contributed by atoms with E-state index in [2.05, 4.69) is 275 Å². The number of fused-ring (bicyclic) bond motifs is 8. The Morgan fingerprint density at radius 3 is 1.30 bits per heavy atom. The molecule has 330 valence electrons. The van der Waals surface area contributed by atoms with Gasteiger partial charge in [0.25, 0.3) is 13.4 Å². The molecule has 0 aromatic heterocycles. The summed E-state index contributed by atoms with van der Waals surface area (Å²) in [5, 5.41) is 0. The first-order valence-electron chi connectivity index (χ1n) is 24.1. The van der Waals surface area contributed by atoms with Crippen LogP contribution in [0.15, 0.2) is 237 Å². The van der Waals surface area contributed by atoms with Crippen molar-refractivity contribution in [2.45, 2.75) is 0 Å². The van der Waals surface area contributed by atoms with Crippen LogP contribution in [0.25, 0.3) is 0 Å². The number of hydrogen-bond acceptors (Lipinski definition) is 6. The Labute approximate surface area is 409 Å². The van der Waals surface area contributed by atoms with Crippen LogP contribution in [-0.2, 0) is 0 Å². The Morgan fingerprint density at radius 2 is 0.743 bits per heavy atom. The molecule has 0 aliphatic carbocycles. The summed E-state index contributed by atoms with van der Waals surface area (Å²) in [4.78, 5) is 12.1. The topological polar surface area (TPSA) is 25.4 Å². The molecule has 8 heteroatoms. The highest BCUT2D eigenvalue weighted by atomic mass is 16.5. The average Bonchev–Trinajstić information content (AvgIpc) is 3.42. The van der Waals surface area contributed by atoms with Crippen LogP contribution in [0.2, 0.25) is 0 Å². The van der Waals surface area contributed by atoms with Gasteiger partial charge in [-0.05, 0) is 130 Å². The van der Waals surface area contributed by atoms with Crippen molar-refractivity contribution in [2.75, 3.05) is 38.6 Å². The Balaban J connectivity index is 1.01. The molecular formula is C62H45B2N5O. The third kappa shape index (κ3) is 6.09. The van der Waals surface area contributed by atoms with Crippen molar-refractivity contribution in [1.29, 1.82) is 0 Å². The minimum absolute atomic E-state index is 0.0393. The van der Waals surface area contributed by atoms with Crippen molar-refractivity contribution < 1.29 is 4.74 Å². The third-order valence-electron chi connectivity index (χ3n) is 14.8. The van der Waals surface area contributed by atoms with E-state index < -0.39 is 0 Å². The second-order valence-electron chi connectivity index (χ2n) is 18.6. The monoisotopic (exact) mass is 897 g/mol. The van der Waals surface area contributed by atoms with Crippen LogP contribution in [0.4, 0.5) is 73.9 Å². The standard InChI is InChI=1S/C62H45B2N5O/c1-65-54-41-55-52(64-50-33-19-21-35-59(50)70-60-39-48(37-57(62(60)64)66(55)2)68(44-26-12-5-13-27-44)45-28-14-6-15-29-45)40-51(54)63-49-32-18-20-34-53(49)69(46-30-16-7-17-31-46)58-38-47(36-56(65)61(58)63)67(42-22-8-3-9-23-42)43-24-10-4-11-25-43/h3-41H,1-2H3. The summed E-state index contributed by atoms with van der Waals surface area (Å²) < 4.78 is 7.02. The molecule has 0 bridgehead atoms. The molecule has 0 saturated carbocycles. The molecule has 0 saturated heterocycles. The summed E-state index contributed by atoms with van der Waals surface area (Å²) in [7, 11) is 4.49. The van der Waals surface area contributed by atoms with Crippen molar-refractivity contribution >= 4 is 120 Å². The third-order valence-corrected chi connectivity index (χ3v) is 14.8. The van der Waals surface area contributed by atoms with Crippen molar-refractivity contribution in [1.82, 2.24) is 0 Å². The maximum atomic E-state index is 7.02. The summed E-state index contributed by atoms with van der Waals surface area (Å²) in [6, 6.07) is 85.8. The highest BCUT2D eigenvalue weighted by molar-refractivity contribution is 7.02. The first-order valence-corrected chi connectivity index (χ1v) is 24.1. The summed E-state index contributed by atoms with van der Waals surface area (Å²) in [5.74, 6) is 1.77. The number of hydrogen-bond donors (Lipinski definition) is 0. The van der Waals surface area contributed by atoms with Crippen LogP contribution in [0, 0.1) is 0 Å². The van der Waals surface area contributed by atoms with Crippen molar-refractivity contribution in [3.63, 3.8) is 0 Å². The van der Waals surface area contributed by atoms with Crippen molar-refractivity contribution in [2.24, 2.45) is 0 Å². The number of nitrogens with zero attached hydrogens (tertiary/aromatic N) is 5. The molecule has 0 N–H and O–H groups in total. The molecule has 0 atom stereocenters. The molecule has 4 heterocycles. The maximum absolute atomic E-state index is 7.02. The summed E-state index contributed by atoms with van der Waals surface area (Å²) in [6.07, 6.45) is 0. The molecule has 0 fully saturated rings. The van der Waals surface area contributed by atoms with Crippen LogP contribution < -0.4 is 62.0 Å². The van der Waals surface area contributed by atoms with Gasteiger partial charge < -0.3 is 29.2 Å². The van der Waals surface area contributed by atoms with E-state index in [0.717, 1.165) is 57.0 Å². The van der Waals surface area contributed by atoms with Crippen molar-refractivity contribution in [3.8, 4) is 11.5 Å². The van der Waals surface area contributed by atoms with E-state index in [1.54, 1.807) is 0 Å². The smallest absolute Gasteiger partial charge is 0.256 e. The second-order valence-corrected chi connectivity index (χ2v) is 18.6. The zero-order valence-corrected chi connectivity index (χ0v) is 38.8. The van der Waals surface area contributed by atoms with Gasteiger partial charge in [0.05, 0.1) is 11.4 Å². The molecule has 10 aromatic carbocycles. The summed E-state index contributed by atoms with van der Waals surface area (Å²) in [6.45, 7) is -0.0940. The number of ether oxygens (including phenoxy) is 1. The zero-order valence-electron chi connectivity index (χ0n) is 38.8. The molecule has 70 heavy (non-hydrogen) atoms. The highest BCUT2D eigenvalue weighted by Crippen LogP contribution is 2.48. The van der Waals surface area contributed by atoms with Gasteiger partial charge in [0.2, 0.25) is 0 Å². The number of rotatable bonds is 7. The fraction of sp³-hybridized carbons (Fsp3) is 0.0323. The normalized spacial score (nSPS) is 13.3. The van der Waals surface area contributed by atoms with E-state index in [0.29, 0.717) is 0 Å². The SMILES string of the molecule is CN1c2cc3c(cc2B2c4ccccc4Oc4cc(N(c5ccccc5)c5ccccc5)cc1c42)B1c2ccccc2N(c2ccccc2)c2cc(N(c4ccccc4)c4ccccc4)cc(c21)N3C. The quantitative estimate of drug-likeness (QED) is 0.148. The van der Waals surface area contributed by atoms with Gasteiger partial charge in [-0.1, -0.05) is 133 Å². The summed E-state index contributed by atoms with van der Waals surface area (Å²) >= 11 is 0. The largest absolute Gasteiger partial charge is 0.458 e. The van der Waals surface area contributed by atoms with Gasteiger partial charge in [0.15, 0.2) is 0 Å². The first-order chi connectivity index (χ1) is 34.6. The molecule has 6 nitrogen and oxygen atoms in total. The van der Waals surface area contributed by atoms with Gasteiger partial charge in [-0.2, -0.15) is 0 Å². The van der Waals surface area contributed by atoms with E-state index in [1.165, 1.54) is 61.2 Å². The average molecular weight is 898 g/mol. The number of para-hydroxylation sites is 7. The Hall–Kier alpha value is -8.87. The minimum atomic E-state index is -0.0547. The van der Waals surface area contributed by atoms with Gasteiger partial charge in [0.1, 0.15) is 11.5 Å². The molecule has 0 spiro atoms. The Kier molecular flexibility index (Phi) is 9.11. The Bertz CT molecular complexity index is 3580. The van der Waals surface area contributed by atoms with E-state index in [9.17, 15) is 0 Å². The minimum Gasteiger partial charge on any atom is -0.458 e. The van der Waals surface area contributed by atoms with Crippen LogP contribution in [0.3, 0.4) is 0 Å². The van der Waals surface area contributed by atoms with Gasteiger partial charge in [0, 0.05) is 82.7 Å². The van der Waals surface area contributed by atoms with Crippen LogP contribution in [0.5, 0.6) is 11.5 Å². The van der Waals surface area contributed by atoms with Gasteiger partial charge >= 0.3 is 0 Å². The maximum Gasteiger partial charge on any atom is 0.256 e. The number of anilines is 13. The fourth-order valence-electron chi connectivity index (χ4n) is 11.8.